The molecule has 21 heavy (non-hydrogen) atoms. The molecule has 1 heterocycles. The van der Waals surface area contributed by atoms with Crippen molar-refractivity contribution in [2.45, 2.75) is 26.2 Å². The van der Waals surface area contributed by atoms with Crippen LogP contribution in [0, 0.1) is 0 Å². The summed E-state index contributed by atoms with van der Waals surface area (Å²) >= 11 is 3.35. The van der Waals surface area contributed by atoms with Gasteiger partial charge in [-0.05, 0) is 30.3 Å². The van der Waals surface area contributed by atoms with Crippen LogP contribution in [-0.2, 0) is 5.41 Å². The fraction of sp³-hybridized carbons (Fsp3) is 0.250. The fourth-order valence-corrected chi connectivity index (χ4v) is 1.95. The van der Waals surface area contributed by atoms with Crippen molar-refractivity contribution < 1.29 is 14.6 Å². The van der Waals surface area contributed by atoms with Gasteiger partial charge in [-0.1, -0.05) is 36.7 Å². The summed E-state index contributed by atoms with van der Waals surface area (Å²) in [7, 11) is 0. The first-order valence-corrected chi connectivity index (χ1v) is 7.24. The summed E-state index contributed by atoms with van der Waals surface area (Å²) in [5, 5.41) is 9.21. The summed E-state index contributed by atoms with van der Waals surface area (Å²) in [6.07, 6.45) is 0. The number of carboxylic acid groups (broad SMARTS) is 1. The van der Waals surface area contributed by atoms with E-state index >= 15 is 0 Å². The Balaban J connectivity index is 2.40. The van der Waals surface area contributed by atoms with Gasteiger partial charge in [-0.3, -0.25) is 0 Å². The Hall–Kier alpha value is -1.88. The number of rotatable bonds is 3. The van der Waals surface area contributed by atoms with E-state index in [9.17, 15) is 9.90 Å². The predicted octanol–water partition coefficient (Wildman–Crippen LogP) is 4.63. The highest BCUT2D eigenvalue weighted by atomic mass is 79.9. The maximum atomic E-state index is 11.2. The molecule has 110 valence electrons. The molecule has 0 saturated heterocycles. The highest BCUT2D eigenvalue weighted by Crippen LogP contribution is 2.27. The zero-order chi connectivity index (χ0) is 15.6. The number of benzene rings is 1. The fourth-order valence-electron chi connectivity index (χ4n) is 1.69. The van der Waals surface area contributed by atoms with Crippen LogP contribution in [0.5, 0.6) is 11.6 Å². The molecule has 1 N–H and O–H groups in total. The lowest BCUT2D eigenvalue weighted by molar-refractivity contribution is 0.0696. The van der Waals surface area contributed by atoms with Gasteiger partial charge in [0, 0.05) is 16.0 Å². The Bertz CT molecular complexity index is 660. The normalized spacial score (nSPS) is 11.2. The summed E-state index contributed by atoms with van der Waals surface area (Å²) in [6.45, 7) is 5.93. The average molecular weight is 350 g/mol. The standard InChI is InChI=1S/C16H16BrNO3/c1-16(2,3)13-8-10(15(19)20)9-14(18-13)21-12-6-4-11(17)5-7-12/h4-9H,1-3H3,(H,19,20). The van der Waals surface area contributed by atoms with Crippen molar-refractivity contribution in [3.05, 3.63) is 52.1 Å². The molecule has 0 saturated carbocycles. The second-order valence-electron chi connectivity index (χ2n) is 5.69. The molecule has 0 amide bonds. The van der Waals surface area contributed by atoms with Gasteiger partial charge < -0.3 is 9.84 Å². The molecule has 0 aliphatic heterocycles. The molecule has 1 aromatic heterocycles. The maximum absolute atomic E-state index is 11.2. The molecule has 4 nitrogen and oxygen atoms in total. The van der Waals surface area contributed by atoms with Crippen LogP contribution in [0.3, 0.4) is 0 Å². The SMILES string of the molecule is CC(C)(C)c1cc(C(=O)O)cc(Oc2ccc(Br)cc2)n1. The Morgan fingerprint density at radius 3 is 2.33 bits per heavy atom. The molecular formula is C16H16BrNO3. The van der Waals surface area contributed by atoms with E-state index < -0.39 is 5.97 Å². The molecule has 5 heteroatoms. The molecule has 0 fully saturated rings. The molecular weight excluding hydrogens is 334 g/mol. The van der Waals surface area contributed by atoms with Gasteiger partial charge >= 0.3 is 5.97 Å². The Morgan fingerprint density at radius 2 is 1.81 bits per heavy atom. The van der Waals surface area contributed by atoms with E-state index in [1.165, 1.54) is 6.07 Å². The van der Waals surface area contributed by atoms with Crippen molar-refractivity contribution in [2.24, 2.45) is 0 Å². The smallest absolute Gasteiger partial charge is 0.335 e. The molecule has 0 aliphatic carbocycles. The Labute approximate surface area is 131 Å². The van der Waals surface area contributed by atoms with Crippen LogP contribution in [0.2, 0.25) is 0 Å². The van der Waals surface area contributed by atoms with Crippen LogP contribution >= 0.6 is 15.9 Å². The minimum absolute atomic E-state index is 0.169. The van der Waals surface area contributed by atoms with Crippen LogP contribution < -0.4 is 4.74 Å². The van der Waals surface area contributed by atoms with Gasteiger partial charge in [0.25, 0.3) is 0 Å². The largest absolute Gasteiger partial charge is 0.478 e. The highest BCUT2D eigenvalue weighted by Gasteiger charge is 2.19. The predicted molar refractivity (Wildman–Crippen MR) is 84.1 cm³/mol. The Kier molecular flexibility index (Phi) is 4.32. The minimum Gasteiger partial charge on any atom is -0.478 e. The number of hydrogen-bond acceptors (Lipinski definition) is 3. The number of halogens is 1. The van der Waals surface area contributed by atoms with Crippen LogP contribution in [0.4, 0.5) is 0 Å². The van der Waals surface area contributed by atoms with Crippen molar-refractivity contribution in [3.63, 3.8) is 0 Å². The number of pyridine rings is 1. The van der Waals surface area contributed by atoms with Gasteiger partial charge in [-0.25, -0.2) is 9.78 Å². The molecule has 0 bridgehead atoms. The molecule has 0 spiro atoms. The number of carboxylic acids is 1. The quantitative estimate of drug-likeness (QED) is 0.877. The number of ether oxygens (including phenoxy) is 1. The number of nitrogens with zero attached hydrogens (tertiary/aromatic N) is 1. The first kappa shape index (κ1) is 15.5. The van der Waals surface area contributed by atoms with Crippen LogP contribution in [0.25, 0.3) is 0 Å². The molecule has 0 atom stereocenters. The lowest BCUT2D eigenvalue weighted by Gasteiger charge is -2.19. The summed E-state index contributed by atoms with van der Waals surface area (Å²) < 4.78 is 6.61. The highest BCUT2D eigenvalue weighted by molar-refractivity contribution is 9.10. The van der Waals surface area contributed by atoms with Gasteiger partial charge in [0.05, 0.1) is 11.3 Å². The van der Waals surface area contributed by atoms with E-state index in [1.807, 2.05) is 32.9 Å². The van der Waals surface area contributed by atoms with Gasteiger partial charge in [0.15, 0.2) is 0 Å². The third-order valence-corrected chi connectivity index (χ3v) is 3.38. The molecule has 0 aliphatic rings. The molecule has 0 unspecified atom stereocenters. The third-order valence-electron chi connectivity index (χ3n) is 2.85. The van der Waals surface area contributed by atoms with Crippen molar-refractivity contribution >= 4 is 21.9 Å². The van der Waals surface area contributed by atoms with Crippen molar-refractivity contribution in [1.82, 2.24) is 4.98 Å². The number of aromatic carboxylic acids is 1. The third kappa shape index (κ3) is 4.04. The van der Waals surface area contributed by atoms with E-state index in [4.69, 9.17) is 4.74 Å². The number of carbonyl (C=O) groups is 1. The van der Waals surface area contributed by atoms with Crippen molar-refractivity contribution in [3.8, 4) is 11.6 Å². The van der Waals surface area contributed by atoms with E-state index in [2.05, 4.69) is 20.9 Å². The van der Waals surface area contributed by atoms with E-state index in [1.54, 1.807) is 18.2 Å². The second kappa shape index (κ2) is 5.85. The van der Waals surface area contributed by atoms with E-state index in [0.29, 0.717) is 11.4 Å². The van der Waals surface area contributed by atoms with Gasteiger partial charge in [0.1, 0.15) is 5.75 Å². The summed E-state index contributed by atoms with van der Waals surface area (Å²) in [4.78, 5) is 15.6. The van der Waals surface area contributed by atoms with Gasteiger partial charge in [-0.15, -0.1) is 0 Å². The van der Waals surface area contributed by atoms with Crippen molar-refractivity contribution in [2.75, 3.05) is 0 Å². The van der Waals surface area contributed by atoms with E-state index in [0.717, 1.165) is 4.47 Å². The second-order valence-corrected chi connectivity index (χ2v) is 6.61. The van der Waals surface area contributed by atoms with Gasteiger partial charge in [-0.2, -0.15) is 0 Å². The summed E-state index contributed by atoms with van der Waals surface area (Å²) in [5.74, 6) is -0.112. The topological polar surface area (TPSA) is 59.4 Å². The van der Waals surface area contributed by atoms with Crippen LogP contribution in [-0.4, -0.2) is 16.1 Å². The zero-order valence-electron chi connectivity index (χ0n) is 12.1. The maximum Gasteiger partial charge on any atom is 0.335 e. The molecule has 1 aromatic carbocycles. The minimum atomic E-state index is -0.997. The number of hydrogen-bond donors (Lipinski definition) is 1. The Morgan fingerprint density at radius 1 is 1.19 bits per heavy atom. The van der Waals surface area contributed by atoms with Gasteiger partial charge in [0.2, 0.25) is 5.88 Å². The first-order valence-electron chi connectivity index (χ1n) is 6.45. The van der Waals surface area contributed by atoms with Crippen LogP contribution in [0.15, 0.2) is 40.9 Å². The lowest BCUT2D eigenvalue weighted by Crippen LogP contribution is -2.15. The molecule has 2 rings (SSSR count). The molecule has 0 radical (unpaired) electrons. The first-order chi connectivity index (χ1) is 9.75. The average Bonchev–Trinajstić information content (AvgIpc) is 2.40. The summed E-state index contributed by atoms with van der Waals surface area (Å²) in [5.41, 5.74) is 0.583. The monoisotopic (exact) mass is 349 g/mol. The summed E-state index contributed by atoms with van der Waals surface area (Å²) in [6, 6.07) is 10.3. The van der Waals surface area contributed by atoms with Crippen molar-refractivity contribution in [1.29, 1.82) is 0 Å². The van der Waals surface area contributed by atoms with E-state index in [-0.39, 0.29) is 16.9 Å². The zero-order valence-corrected chi connectivity index (χ0v) is 13.6. The van der Waals surface area contributed by atoms with Crippen LogP contribution in [0.1, 0.15) is 36.8 Å². The number of aromatic nitrogens is 1. The molecule has 2 aromatic rings. The lowest BCUT2D eigenvalue weighted by atomic mass is 9.91.